The zero-order chi connectivity index (χ0) is 16.8. The van der Waals surface area contributed by atoms with Crippen LogP contribution < -0.4 is 10.6 Å². The van der Waals surface area contributed by atoms with E-state index in [9.17, 15) is 9.00 Å². The number of amides is 2. The molecule has 0 spiro atoms. The highest BCUT2D eigenvalue weighted by molar-refractivity contribution is 7.84. The predicted molar refractivity (Wildman–Crippen MR) is 89.9 cm³/mol. The molecule has 2 aromatic rings. The summed E-state index contributed by atoms with van der Waals surface area (Å²) in [5.74, 6) is 0.797. The van der Waals surface area contributed by atoms with Crippen LogP contribution in [0.15, 0.2) is 33.7 Å². The van der Waals surface area contributed by atoms with Gasteiger partial charge in [-0.15, -0.1) is 0 Å². The van der Waals surface area contributed by atoms with E-state index in [1.807, 2.05) is 13.8 Å². The lowest BCUT2D eigenvalue weighted by Gasteiger charge is -2.09. The van der Waals surface area contributed by atoms with E-state index < -0.39 is 10.8 Å². The number of urea groups is 1. The standard InChI is InChI=1S/C16H21N3O3S/c1-4-14-13(15(5-2)22-19-14)10-17-16(20)18-11-7-6-8-12(9-11)23(3)21/h6-9H,4-5,10H2,1-3H3,(H2,17,18,20)/t23-/m1/s1. The highest BCUT2D eigenvalue weighted by Crippen LogP contribution is 2.16. The van der Waals surface area contributed by atoms with Crippen molar-refractivity contribution in [2.45, 2.75) is 38.1 Å². The van der Waals surface area contributed by atoms with Crippen LogP contribution in [0.3, 0.4) is 0 Å². The van der Waals surface area contributed by atoms with Crippen molar-refractivity contribution in [3.63, 3.8) is 0 Å². The van der Waals surface area contributed by atoms with E-state index in [0.29, 0.717) is 17.1 Å². The largest absolute Gasteiger partial charge is 0.361 e. The molecular formula is C16H21N3O3S. The number of carbonyl (C=O) groups excluding carboxylic acids is 1. The van der Waals surface area contributed by atoms with Crippen LogP contribution in [0.5, 0.6) is 0 Å². The van der Waals surface area contributed by atoms with Gasteiger partial charge in [0.15, 0.2) is 0 Å². The molecule has 0 aliphatic rings. The first kappa shape index (κ1) is 17.2. The Hall–Kier alpha value is -2.15. The number of hydrogen-bond acceptors (Lipinski definition) is 4. The van der Waals surface area contributed by atoms with E-state index in [2.05, 4.69) is 15.8 Å². The Morgan fingerprint density at radius 3 is 2.74 bits per heavy atom. The molecule has 1 heterocycles. The summed E-state index contributed by atoms with van der Waals surface area (Å²) in [6, 6.07) is 6.65. The van der Waals surface area contributed by atoms with Gasteiger partial charge in [0.05, 0.1) is 5.69 Å². The van der Waals surface area contributed by atoms with Crippen molar-refractivity contribution in [2.24, 2.45) is 0 Å². The summed E-state index contributed by atoms with van der Waals surface area (Å²) < 4.78 is 16.7. The summed E-state index contributed by atoms with van der Waals surface area (Å²) in [4.78, 5) is 12.7. The predicted octanol–water partition coefficient (Wildman–Crippen LogP) is 2.86. The number of nitrogens with one attached hydrogen (secondary N) is 2. The molecule has 124 valence electrons. The molecule has 1 aromatic carbocycles. The number of hydrogen-bond donors (Lipinski definition) is 2. The molecule has 0 unspecified atom stereocenters. The van der Waals surface area contributed by atoms with Gasteiger partial charge in [-0.3, -0.25) is 4.21 Å². The van der Waals surface area contributed by atoms with E-state index in [1.165, 1.54) is 0 Å². The second-order valence-corrected chi connectivity index (χ2v) is 6.41. The maximum Gasteiger partial charge on any atom is 0.319 e. The summed E-state index contributed by atoms with van der Waals surface area (Å²) in [5.41, 5.74) is 2.41. The SMILES string of the molecule is CCc1noc(CC)c1CNC(=O)Nc1cccc([S@@](C)=O)c1. The maximum absolute atomic E-state index is 12.0. The quantitative estimate of drug-likeness (QED) is 0.850. The van der Waals surface area contributed by atoms with Crippen LogP contribution in [0.2, 0.25) is 0 Å². The Labute approximate surface area is 138 Å². The Bertz CT molecular complexity index is 691. The average Bonchev–Trinajstić information content (AvgIpc) is 2.95. The van der Waals surface area contributed by atoms with Crippen molar-refractivity contribution in [2.75, 3.05) is 11.6 Å². The Morgan fingerprint density at radius 1 is 1.30 bits per heavy atom. The van der Waals surface area contributed by atoms with Crippen molar-refractivity contribution in [1.82, 2.24) is 10.5 Å². The Balaban J connectivity index is 1.99. The van der Waals surface area contributed by atoms with Gasteiger partial charge < -0.3 is 15.2 Å². The van der Waals surface area contributed by atoms with Gasteiger partial charge in [0, 0.05) is 46.2 Å². The zero-order valence-corrected chi connectivity index (χ0v) is 14.3. The molecule has 0 aliphatic carbocycles. The van der Waals surface area contributed by atoms with Gasteiger partial charge in [-0.1, -0.05) is 25.1 Å². The molecule has 6 nitrogen and oxygen atoms in total. The molecule has 0 aliphatic heterocycles. The summed E-state index contributed by atoms with van der Waals surface area (Å²) in [7, 11) is -1.08. The molecular weight excluding hydrogens is 314 g/mol. The first-order valence-corrected chi connectivity index (χ1v) is 9.05. The van der Waals surface area contributed by atoms with Crippen LogP contribution in [-0.4, -0.2) is 21.7 Å². The molecule has 2 rings (SSSR count). The van der Waals surface area contributed by atoms with Crippen molar-refractivity contribution >= 4 is 22.5 Å². The number of rotatable bonds is 6. The first-order chi connectivity index (χ1) is 11.0. The highest BCUT2D eigenvalue weighted by atomic mass is 32.2. The minimum atomic E-state index is -1.08. The zero-order valence-electron chi connectivity index (χ0n) is 13.5. The van der Waals surface area contributed by atoms with E-state index in [4.69, 9.17) is 4.52 Å². The lowest BCUT2D eigenvalue weighted by Crippen LogP contribution is -2.28. The number of nitrogens with zero attached hydrogens (tertiary/aromatic N) is 1. The molecule has 0 saturated carbocycles. The second kappa shape index (κ2) is 7.92. The van der Waals surface area contributed by atoms with E-state index >= 15 is 0 Å². The second-order valence-electron chi connectivity index (χ2n) is 5.03. The highest BCUT2D eigenvalue weighted by Gasteiger charge is 2.14. The van der Waals surface area contributed by atoms with Crippen LogP contribution in [0.1, 0.15) is 30.9 Å². The Morgan fingerprint density at radius 2 is 2.09 bits per heavy atom. The van der Waals surface area contributed by atoms with E-state index in [0.717, 1.165) is 29.9 Å². The molecule has 1 aromatic heterocycles. The van der Waals surface area contributed by atoms with Gasteiger partial charge in [0.2, 0.25) is 0 Å². The van der Waals surface area contributed by atoms with Crippen molar-refractivity contribution in [3.8, 4) is 0 Å². The van der Waals surface area contributed by atoms with Crippen molar-refractivity contribution in [1.29, 1.82) is 0 Å². The Kier molecular flexibility index (Phi) is 5.92. The number of carbonyl (C=O) groups is 1. The molecule has 0 radical (unpaired) electrons. The van der Waals surface area contributed by atoms with Crippen LogP contribution >= 0.6 is 0 Å². The molecule has 0 bridgehead atoms. The summed E-state index contributed by atoms with van der Waals surface area (Å²) in [6.45, 7) is 4.35. The molecule has 2 amide bonds. The lowest BCUT2D eigenvalue weighted by atomic mass is 10.1. The van der Waals surface area contributed by atoms with Gasteiger partial charge in [-0.05, 0) is 24.6 Å². The maximum atomic E-state index is 12.0. The third-order valence-electron chi connectivity index (χ3n) is 3.46. The number of benzene rings is 1. The van der Waals surface area contributed by atoms with Crippen molar-refractivity contribution < 1.29 is 13.5 Å². The smallest absolute Gasteiger partial charge is 0.319 e. The molecule has 7 heteroatoms. The molecule has 23 heavy (non-hydrogen) atoms. The number of aromatic nitrogens is 1. The van der Waals surface area contributed by atoms with Crippen LogP contribution in [0.4, 0.5) is 10.5 Å². The van der Waals surface area contributed by atoms with Crippen LogP contribution in [0, 0.1) is 0 Å². The molecule has 0 saturated heterocycles. The topological polar surface area (TPSA) is 84.2 Å². The van der Waals surface area contributed by atoms with Gasteiger partial charge in [0.1, 0.15) is 5.76 Å². The fourth-order valence-corrected chi connectivity index (χ4v) is 2.80. The minimum Gasteiger partial charge on any atom is -0.361 e. The number of aryl methyl sites for hydroxylation is 2. The fourth-order valence-electron chi connectivity index (χ4n) is 2.23. The fraction of sp³-hybridized carbons (Fsp3) is 0.375. The van der Waals surface area contributed by atoms with Crippen molar-refractivity contribution in [3.05, 3.63) is 41.3 Å². The normalized spacial score (nSPS) is 12.0. The molecule has 1 atom stereocenters. The van der Waals surface area contributed by atoms with E-state index in [1.54, 1.807) is 30.5 Å². The van der Waals surface area contributed by atoms with Gasteiger partial charge in [-0.2, -0.15) is 0 Å². The van der Waals surface area contributed by atoms with E-state index in [-0.39, 0.29) is 6.03 Å². The van der Waals surface area contributed by atoms with Crippen LogP contribution in [-0.2, 0) is 30.2 Å². The monoisotopic (exact) mass is 335 g/mol. The lowest BCUT2D eigenvalue weighted by molar-refractivity contribution is 0.251. The third kappa shape index (κ3) is 4.41. The molecule has 2 N–H and O–H groups in total. The van der Waals surface area contributed by atoms with Gasteiger partial charge in [-0.25, -0.2) is 4.79 Å². The average molecular weight is 335 g/mol. The van der Waals surface area contributed by atoms with Gasteiger partial charge >= 0.3 is 6.03 Å². The van der Waals surface area contributed by atoms with Gasteiger partial charge in [0.25, 0.3) is 0 Å². The van der Waals surface area contributed by atoms with Crippen LogP contribution in [0.25, 0.3) is 0 Å². The molecule has 0 fully saturated rings. The third-order valence-corrected chi connectivity index (χ3v) is 4.37. The summed E-state index contributed by atoms with van der Waals surface area (Å²) in [5, 5.41) is 9.56. The first-order valence-electron chi connectivity index (χ1n) is 7.49. The number of anilines is 1. The summed E-state index contributed by atoms with van der Waals surface area (Å²) >= 11 is 0. The summed E-state index contributed by atoms with van der Waals surface area (Å²) in [6.07, 6.45) is 3.09. The minimum absolute atomic E-state index is 0.325.